The SMILES string of the molecule is COCC(C)n1c(C#N)cc2cnc(SC)nc21. The van der Waals surface area contributed by atoms with Crippen LogP contribution in [-0.2, 0) is 4.74 Å². The number of nitriles is 1. The van der Waals surface area contributed by atoms with E-state index in [4.69, 9.17) is 4.74 Å². The number of fused-ring (bicyclic) bond motifs is 1. The third kappa shape index (κ3) is 2.19. The van der Waals surface area contributed by atoms with Gasteiger partial charge in [0.2, 0.25) is 0 Å². The van der Waals surface area contributed by atoms with Crippen molar-refractivity contribution in [3.05, 3.63) is 18.0 Å². The summed E-state index contributed by atoms with van der Waals surface area (Å²) in [6.07, 6.45) is 3.68. The Hall–Kier alpha value is -1.58. The quantitative estimate of drug-likeness (QED) is 0.624. The van der Waals surface area contributed by atoms with Crippen molar-refractivity contribution in [1.29, 1.82) is 5.26 Å². The van der Waals surface area contributed by atoms with Gasteiger partial charge in [0.15, 0.2) is 5.16 Å². The van der Waals surface area contributed by atoms with Gasteiger partial charge in [-0.1, -0.05) is 11.8 Å². The van der Waals surface area contributed by atoms with E-state index in [-0.39, 0.29) is 6.04 Å². The lowest BCUT2D eigenvalue weighted by Crippen LogP contribution is -2.13. The number of rotatable bonds is 4. The Morgan fingerprint density at radius 1 is 1.61 bits per heavy atom. The average molecular weight is 262 g/mol. The second-order valence-electron chi connectivity index (χ2n) is 3.95. The first kappa shape index (κ1) is 12.9. The molecule has 0 aliphatic heterocycles. The Kier molecular flexibility index (Phi) is 3.84. The van der Waals surface area contributed by atoms with Gasteiger partial charge in [0.05, 0.1) is 12.6 Å². The number of hydrogen-bond acceptors (Lipinski definition) is 5. The van der Waals surface area contributed by atoms with Crippen molar-refractivity contribution >= 4 is 22.8 Å². The zero-order chi connectivity index (χ0) is 13.1. The summed E-state index contributed by atoms with van der Waals surface area (Å²) in [6.45, 7) is 2.54. The van der Waals surface area contributed by atoms with Gasteiger partial charge in [-0.2, -0.15) is 5.26 Å². The standard InChI is InChI=1S/C12H14N4OS/c1-8(7-17-2)16-10(5-13)4-9-6-14-12(18-3)15-11(9)16/h4,6,8H,7H2,1-3H3. The van der Waals surface area contributed by atoms with Crippen molar-refractivity contribution in [3.63, 3.8) is 0 Å². The van der Waals surface area contributed by atoms with Gasteiger partial charge in [0, 0.05) is 18.7 Å². The molecule has 18 heavy (non-hydrogen) atoms. The van der Waals surface area contributed by atoms with E-state index in [1.165, 1.54) is 11.8 Å². The summed E-state index contributed by atoms with van der Waals surface area (Å²) in [7, 11) is 1.65. The van der Waals surface area contributed by atoms with Crippen LogP contribution in [-0.4, -0.2) is 34.5 Å². The topological polar surface area (TPSA) is 63.7 Å². The molecule has 2 heterocycles. The highest BCUT2D eigenvalue weighted by Gasteiger charge is 2.16. The molecule has 0 saturated carbocycles. The second kappa shape index (κ2) is 5.38. The normalized spacial score (nSPS) is 12.6. The van der Waals surface area contributed by atoms with Crippen LogP contribution in [0.15, 0.2) is 17.4 Å². The molecular formula is C12H14N4OS. The van der Waals surface area contributed by atoms with Crippen molar-refractivity contribution in [2.24, 2.45) is 0 Å². The van der Waals surface area contributed by atoms with Crippen molar-refractivity contribution < 1.29 is 4.74 Å². The summed E-state index contributed by atoms with van der Waals surface area (Å²) >= 11 is 1.48. The maximum atomic E-state index is 9.20. The van der Waals surface area contributed by atoms with Crippen molar-refractivity contribution in [2.75, 3.05) is 20.0 Å². The van der Waals surface area contributed by atoms with Crippen LogP contribution in [0.25, 0.3) is 11.0 Å². The van der Waals surface area contributed by atoms with Gasteiger partial charge in [-0.15, -0.1) is 0 Å². The van der Waals surface area contributed by atoms with E-state index in [0.717, 1.165) is 11.0 Å². The van der Waals surface area contributed by atoms with E-state index in [1.54, 1.807) is 13.3 Å². The van der Waals surface area contributed by atoms with Crippen molar-refractivity contribution in [2.45, 2.75) is 18.1 Å². The van der Waals surface area contributed by atoms with E-state index in [9.17, 15) is 5.26 Å². The van der Waals surface area contributed by atoms with Gasteiger partial charge >= 0.3 is 0 Å². The van der Waals surface area contributed by atoms with E-state index < -0.39 is 0 Å². The highest BCUT2D eigenvalue weighted by molar-refractivity contribution is 7.98. The van der Waals surface area contributed by atoms with E-state index >= 15 is 0 Å². The first-order valence-electron chi connectivity index (χ1n) is 5.52. The van der Waals surface area contributed by atoms with Gasteiger partial charge in [-0.25, -0.2) is 9.97 Å². The Morgan fingerprint density at radius 2 is 2.39 bits per heavy atom. The summed E-state index contributed by atoms with van der Waals surface area (Å²) in [5.41, 5.74) is 1.37. The summed E-state index contributed by atoms with van der Waals surface area (Å²) < 4.78 is 7.06. The summed E-state index contributed by atoms with van der Waals surface area (Å²) in [6, 6.07) is 4.07. The Bertz CT molecular complexity index is 602. The number of ether oxygens (including phenoxy) is 1. The van der Waals surface area contributed by atoms with E-state index in [2.05, 4.69) is 16.0 Å². The average Bonchev–Trinajstić information content (AvgIpc) is 2.76. The van der Waals surface area contributed by atoms with Gasteiger partial charge in [-0.05, 0) is 19.2 Å². The van der Waals surface area contributed by atoms with Crippen LogP contribution in [0, 0.1) is 11.3 Å². The zero-order valence-corrected chi connectivity index (χ0v) is 11.4. The molecule has 0 spiro atoms. The molecule has 0 amide bonds. The van der Waals surface area contributed by atoms with Crippen LogP contribution in [0.3, 0.4) is 0 Å². The van der Waals surface area contributed by atoms with Gasteiger partial charge in [0.1, 0.15) is 17.4 Å². The number of nitrogens with zero attached hydrogens (tertiary/aromatic N) is 4. The molecule has 0 aliphatic carbocycles. The van der Waals surface area contributed by atoms with Crippen LogP contribution in [0.1, 0.15) is 18.7 Å². The molecular weight excluding hydrogens is 248 g/mol. The first-order valence-corrected chi connectivity index (χ1v) is 6.74. The molecule has 1 unspecified atom stereocenters. The highest BCUT2D eigenvalue weighted by Crippen LogP contribution is 2.23. The smallest absolute Gasteiger partial charge is 0.189 e. The van der Waals surface area contributed by atoms with Crippen molar-refractivity contribution in [3.8, 4) is 6.07 Å². The second-order valence-corrected chi connectivity index (χ2v) is 4.72. The minimum absolute atomic E-state index is 0.0618. The molecule has 5 nitrogen and oxygen atoms in total. The summed E-state index contributed by atoms with van der Waals surface area (Å²) in [4.78, 5) is 8.69. The van der Waals surface area contributed by atoms with Crippen LogP contribution in [0.5, 0.6) is 0 Å². The molecule has 2 aromatic rings. The predicted molar refractivity (Wildman–Crippen MR) is 70.6 cm³/mol. The minimum Gasteiger partial charge on any atom is -0.383 e. The predicted octanol–water partition coefficient (Wildman–Crippen LogP) is 2.23. The third-order valence-electron chi connectivity index (χ3n) is 2.70. The molecule has 94 valence electrons. The van der Waals surface area contributed by atoms with E-state index in [1.807, 2.05) is 23.8 Å². The molecule has 0 saturated heterocycles. The number of aromatic nitrogens is 3. The molecule has 0 aliphatic rings. The lowest BCUT2D eigenvalue weighted by Gasteiger charge is -2.14. The first-order chi connectivity index (χ1) is 8.71. The fraction of sp³-hybridized carbons (Fsp3) is 0.417. The number of methoxy groups -OCH3 is 1. The monoisotopic (exact) mass is 262 g/mol. The maximum Gasteiger partial charge on any atom is 0.189 e. The molecule has 0 N–H and O–H groups in total. The maximum absolute atomic E-state index is 9.20. The number of thioether (sulfide) groups is 1. The molecule has 0 aromatic carbocycles. The molecule has 0 fully saturated rings. The molecule has 0 bridgehead atoms. The number of hydrogen-bond donors (Lipinski definition) is 0. The molecule has 1 atom stereocenters. The molecule has 6 heteroatoms. The third-order valence-corrected chi connectivity index (χ3v) is 3.26. The fourth-order valence-corrected chi connectivity index (χ4v) is 2.27. The summed E-state index contributed by atoms with van der Waals surface area (Å²) in [5.74, 6) is 0. The lowest BCUT2D eigenvalue weighted by atomic mass is 10.3. The highest BCUT2D eigenvalue weighted by atomic mass is 32.2. The van der Waals surface area contributed by atoms with Crippen molar-refractivity contribution in [1.82, 2.24) is 14.5 Å². The molecule has 0 radical (unpaired) electrons. The largest absolute Gasteiger partial charge is 0.383 e. The Balaban J connectivity index is 2.63. The van der Waals surface area contributed by atoms with Gasteiger partial charge < -0.3 is 9.30 Å². The van der Waals surface area contributed by atoms with Crippen LogP contribution in [0.2, 0.25) is 0 Å². The zero-order valence-electron chi connectivity index (χ0n) is 10.5. The minimum atomic E-state index is 0.0618. The molecule has 2 aromatic heterocycles. The van der Waals surface area contributed by atoms with Gasteiger partial charge in [-0.3, -0.25) is 0 Å². The van der Waals surface area contributed by atoms with Gasteiger partial charge in [0.25, 0.3) is 0 Å². The summed E-state index contributed by atoms with van der Waals surface area (Å²) in [5, 5.41) is 10.8. The lowest BCUT2D eigenvalue weighted by molar-refractivity contribution is 0.163. The molecule has 2 rings (SSSR count). The Morgan fingerprint density at radius 3 is 3.00 bits per heavy atom. The van der Waals surface area contributed by atoms with Crippen LogP contribution < -0.4 is 0 Å². The fourth-order valence-electron chi connectivity index (χ4n) is 1.94. The van der Waals surface area contributed by atoms with Crippen LogP contribution >= 0.6 is 11.8 Å². The van der Waals surface area contributed by atoms with E-state index in [0.29, 0.717) is 17.5 Å². The van der Waals surface area contributed by atoms with Crippen LogP contribution in [0.4, 0.5) is 0 Å². The Labute approximate surface area is 110 Å².